The molecule has 0 aromatic heterocycles. The van der Waals surface area contributed by atoms with Gasteiger partial charge in [-0.2, -0.15) is 0 Å². The minimum Gasteiger partial charge on any atom is -0.326 e. The van der Waals surface area contributed by atoms with Gasteiger partial charge in [0.25, 0.3) is 0 Å². The number of piperidine rings is 1. The maximum Gasteiger partial charge on any atom is 0.225 e. The summed E-state index contributed by atoms with van der Waals surface area (Å²) in [6, 6.07) is 4.65. The Kier molecular flexibility index (Phi) is 3.04. The van der Waals surface area contributed by atoms with Crippen LogP contribution in [0.4, 0.5) is 10.1 Å². The van der Waals surface area contributed by atoms with E-state index < -0.39 is 0 Å². The van der Waals surface area contributed by atoms with Crippen molar-refractivity contribution in [2.24, 2.45) is 5.92 Å². The molecule has 3 nitrogen and oxygen atoms in total. The van der Waals surface area contributed by atoms with Crippen LogP contribution in [0.15, 0.2) is 18.2 Å². The van der Waals surface area contributed by atoms with Gasteiger partial charge in [0.05, 0.1) is 0 Å². The lowest BCUT2D eigenvalue weighted by Crippen LogP contribution is -2.36. The van der Waals surface area contributed by atoms with E-state index in [1.807, 2.05) is 0 Å². The van der Waals surface area contributed by atoms with Gasteiger partial charge < -0.3 is 10.6 Å². The van der Waals surface area contributed by atoms with Crippen molar-refractivity contribution in [1.29, 1.82) is 0 Å². The molecule has 2 atom stereocenters. The molecular formula is C14H17FN2O. The van der Waals surface area contributed by atoms with Gasteiger partial charge in [-0.05, 0) is 61.5 Å². The maximum absolute atomic E-state index is 13.4. The summed E-state index contributed by atoms with van der Waals surface area (Å²) in [5, 5.41) is 6.20. The van der Waals surface area contributed by atoms with E-state index in [-0.39, 0.29) is 17.6 Å². The number of halogens is 1. The molecule has 0 bridgehead atoms. The van der Waals surface area contributed by atoms with E-state index >= 15 is 0 Å². The third-order valence-electron chi connectivity index (χ3n) is 4.00. The van der Waals surface area contributed by atoms with Crippen LogP contribution >= 0.6 is 0 Å². The number of hydrogen-bond acceptors (Lipinski definition) is 2. The van der Waals surface area contributed by atoms with Crippen molar-refractivity contribution in [3.05, 3.63) is 29.6 Å². The number of amides is 1. The largest absolute Gasteiger partial charge is 0.326 e. The van der Waals surface area contributed by atoms with Gasteiger partial charge in [0.15, 0.2) is 0 Å². The second-order valence-electron chi connectivity index (χ2n) is 5.20. The summed E-state index contributed by atoms with van der Waals surface area (Å²) in [6.07, 6.45) is 2.72. The number of benzene rings is 1. The summed E-state index contributed by atoms with van der Waals surface area (Å²) in [7, 11) is 0. The van der Waals surface area contributed by atoms with Crippen LogP contribution in [0.25, 0.3) is 0 Å². The Morgan fingerprint density at radius 2 is 2.22 bits per heavy atom. The van der Waals surface area contributed by atoms with Crippen LogP contribution in [0.1, 0.15) is 30.7 Å². The highest BCUT2D eigenvalue weighted by atomic mass is 19.1. The SMILES string of the molecule is O=C1CC(C2CCCNC2)c2cc(F)ccc2N1. The summed E-state index contributed by atoms with van der Waals surface area (Å²) in [5.74, 6) is 0.408. The first-order chi connectivity index (χ1) is 8.74. The van der Waals surface area contributed by atoms with Gasteiger partial charge in [0.1, 0.15) is 5.82 Å². The van der Waals surface area contributed by atoms with E-state index in [4.69, 9.17) is 0 Å². The lowest BCUT2D eigenvalue weighted by Gasteiger charge is -2.34. The zero-order valence-electron chi connectivity index (χ0n) is 10.2. The Morgan fingerprint density at radius 3 is 3.00 bits per heavy atom. The zero-order chi connectivity index (χ0) is 12.5. The molecular weight excluding hydrogens is 231 g/mol. The third kappa shape index (κ3) is 2.12. The predicted octanol–water partition coefficient (Wildman–Crippen LogP) is 2.25. The number of carbonyl (C=O) groups excluding carboxylic acids is 1. The van der Waals surface area contributed by atoms with Crippen molar-refractivity contribution in [2.75, 3.05) is 18.4 Å². The molecule has 0 saturated carbocycles. The summed E-state index contributed by atoms with van der Waals surface area (Å²) < 4.78 is 13.4. The van der Waals surface area contributed by atoms with Crippen LogP contribution in [0.5, 0.6) is 0 Å². The first kappa shape index (κ1) is 11.7. The van der Waals surface area contributed by atoms with E-state index in [0.29, 0.717) is 12.3 Å². The van der Waals surface area contributed by atoms with Crippen molar-refractivity contribution >= 4 is 11.6 Å². The Hall–Kier alpha value is -1.42. The van der Waals surface area contributed by atoms with Crippen LogP contribution in [-0.2, 0) is 4.79 Å². The second-order valence-corrected chi connectivity index (χ2v) is 5.20. The van der Waals surface area contributed by atoms with Crippen molar-refractivity contribution < 1.29 is 9.18 Å². The van der Waals surface area contributed by atoms with Crippen LogP contribution < -0.4 is 10.6 Å². The molecule has 1 saturated heterocycles. The number of nitrogens with one attached hydrogen (secondary N) is 2. The van der Waals surface area contributed by atoms with E-state index in [2.05, 4.69) is 10.6 Å². The molecule has 0 spiro atoms. The van der Waals surface area contributed by atoms with Crippen LogP contribution in [0.2, 0.25) is 0 Å². The van der Waals surface area contributed by atoms with Gasteiger partial charge >= 0.3 is 0 Å². The Labute approximate surface area is 106 Å². The van der Waals surface area contributed by atoms with Crippen molar-refractivity contribution in [2.45, 2.75) is 25.2 Å². The Bertz CT molecular complexity index is 469. The first-order valence-electron chi connectivity index (χ1n) is 6.54. The summed E-state index contributed by atoms with van der Waals surface area (Å²) in [5.41, 5.74) is 1.74. The Morgan fingerprint density at radius 1 is 1.33 bits per heavy atom. The van der Waals surface area contributed by atoms with Crippen LogP contribution in [-0.4, -0.2) is 19.0 Å². The van der Waals surface area contributed by atoms with Crippen molar-refractivity contribution in [1.82, 2.24) is 5.32 Å². The molecule has 2 unspecified atom stereocenters. The summed E-state index contributed by atoms with van der Waals surface area (Å²) >= 11 is 0. The Balaban J connectivity index is 1.94. The van der Waals surface area contributed by atoms with Gasteiger partial charge in [-0.1, -0.05) is 0 Å². The van der Waals surface area contributed by atoms with Crippen molar-refractivity contribution in [3.63, 3.8) is 0 Å². The van der Waals surface area contributed by atoms with Gasteiger partial charge in [-0.25, -0.2) is 4.39 Å². The van der Waals surface area contributed by atoms with E-state index in [1.165, 1.54) is 6.07 Å². The highest BCUT2D eigenvalue weighted by Crippen LogP contribution is 2.39. The fourth-order valence-electron chi connectivity index (χ4n) is 3.11. The molecule has 3 rings (SSSR count). The predicted molar refractivity (Wildman–Crippen MR) is 68.0 cm³/mol. The molecule has 2 aliphatic rings. The number of carbonyl (C=O) groups is 1. The highest BCUT2D eigenvalue weighted by molar-refractivity contribution is 5.94. The third-order valence-corrected chi connectivity index (χ3v) is 4.00. The molecule has 1 aromatic rings. The average Bonchev–Trinajstić information content (AvgIpc) is 2.39. The lowest BCUT2D eigenvalue weighted by atomic mass is 9.77. The standard InChI is InChI=1S/C14H17FN2O/c15-10-3-4-13-12(6-10)11(7-14(18)17-13)9-2-1-5-16-8-9/h3-4,6,9,11,16H,1-2,5,7-8H2,(H,17,18). The molecule has 96 valence electrons. The lowest BCUT2D eigenvalue weighted by molar-refractivity contribution is -0.117. The van der Waals surface area contributed by atoms with E-state index in [0.717, 1.165) is 37.2 Å². The molecule has 2 heterocycles. The zero-order valence-corrected chi connectivity index (χ0v) is 10.2. The second kappa shape index (κ2) is 4.69. The molecule has 1 amide bonds. The topological polar surface area (TPSA) is 41.1 Å². The fourth-order valence-corrected chi connectivity index (χ4v) is 3.11. The van der Waals surface area contributed by atoms with Gasteiger partial charge in [-0.3, -0.25) is 4.79 Å². The minimum atomic E-state index is -0.223. The first-order valence-corrected chi connectivity index (χ1v) is 6.54. The van der Waals surface area contributed by atoms with Crippen molar-refractivity contribution in [3.8, 4) is 0 Å². The smallest absolute Gasteiger partial charge is 0.225 e. The highest BCUT2D eigenvalue weighted by Gasteiger charge is 2.32. The molecule has 2 aliphatic heterocycles. The number of rotatable bonds is 1. The molecule has 0 aliphatic carbocycles. The molecule has 4 heteroatoms. The van der Waals surface area contributed by atoms with Crippen LogP contribution in [0, 0.1) is 11.7 Å². The molecule has 1 fully saturated rings. The normalized spacial score (nSPS) is 27.5. The van der Waals surface area contributed by atoms with E-state index in [9.17, 15) is 9.18 Å². The molecule has 2 N–H and O–H groups in total. The maximum atomic E-state index is 13.4. The van der Waals surface area contributed by atoms with E-state index in [1.54, 1.807) is 12.1 Å². The molecule has 1 aromatic carbocycles. The fraction of sp³-hybridized carbons (Fsp3) is 0.500. The van der Waals surface area contributed by atoms with Gasteiger partial charge in [0, 0.05) is 12.1 Å². The summed E-state index contributed by atoms with van der Waals surface area (Å²) in [6.45, 7) is 1.97. The average molecular weight is 248 g/mol. The monoisotopic (exact) mass is 248 g/mol. The minimum absolute atomic E-state index is 0.0460. The summed E-state index contributed by atoms with van der Waals surface area (Å²) in [4.78, 5) is 11.7. The van der Waals surface area contributed by atoms with Gasteiger partial charge in [0.2, 0.25) is 5.91 Å². The number of anilines is 1. The van der Waals surface area contributed by atoms with Crippen LogP contribution in [0.3, 0.4) is 0 Å². The quantitative estimate of drug-likeness (QED) is 0.800. The number of hydrogen-bond donors (Lipinski definition) is 2. The molecule has 18 heavy (non-hydrogen) atoms. The number of fused-ring (bicyclic) bond motifs is 1. The van der Waals surface area contributed by atoms with Gasteiger partial charge in [-0.15, -0.1) is 0 Å². The molecule has 0 radical (unpaired) electrons.